The highest BCUT2D eigenvalue weighted by Gasteiger charge is 2.10. The average molecular weight is 339 g/mol. The first-order chi connectivity index (χ1) is 12.2. The Balaban J connectivity index is 1.49. The van der Waals surface area contributed by atoms with Crippen LogP contribution in [0.4, 0.5) is 0 Å². The van der Waals surface area contributed by atoms with Gasteiger partial charge in [-0.3, -0.25) is 9.67 Å². The molecule has 0 fully saturated rings. The van der Waals surface area contributed by atoms with Crippen LogP contribution in [0.1, 0.15) is 17.8 Å². The maximum atomic E-state index is 4.35. The Hall–Kier alpha value is -2.83. The maximum absolute atomic E-state index is 4.35. The minimum atomic E-state index is 0.665. The Bertz CT molecular complexity index is 846. The van der Waals surface area contributed by atoms with Crippen LogP contribution in [-0.4, -0.2) is 51.2 Å². The maximum Gasteiger partial charge on any atom is 0.193 e. The molecule has 2 heterocycles. The summed E-state index contributed by atoms with van der Waals surface area (Å²) >= 11 is 0. The first-order valence-corrected chi connectivity index (χ1v) is 8.48. The highest BCUT2D eigenvalue weighted by Crippen LogP contribution is 2.18. The van der Waals surface area contributed by atoms with Gasteiger partial charge in [0.1, 0.15) is 12.2 Å². The molecule has 0 spiro atoms. The number of aromatic nitrogens is 4. The highest BCUT2D eigenvalue weighted by atomic mass is 15.4. The molecule has 0 radical (unpaired) electrons. The molecule has 0 amide bonds. The van der Waals surface area contributed by atoms with Gasteiger partial charge in [-0.05, 0) is 24.5 Å². The van der Waals surface area contributed by atoms with E-state index in [2.05, 4.69) is 60.7 Å². The number of guanidine groups is 1. The van der Waals surface area contributed by atoms with Crippen LogP contribution in [0, 0.1) is 0 Å². The summed E-state index contributed by atoms with van der Waals surface area (Å²) in [5.41, 5.74) is 2.56. The summed E-state index contributed by atoms with van der Waals surface area (Å²) in [4.78, 5) is 14.0. The topological polar surface area (TPSA) is 74.1 Å². The number of aromatic amines is 1. The van der Waals surface area contributed by atoms with Gasteiger partial charge < -0.3 is 15.2 Å². The van der Waals surface area contributed by atoms with Crippen LogP contribution in [0.3, 0.4) is 0 Å². The number of fused-ring (bicyclic) bond motifs is 1. The van der Waals surface area contributed by atoms with E-state index >= 15 is 0 Å². The fraction of sp³-hybridized carbons (Fsp3) is 0.389. The molecule has 2 N–H and O–H groups in total. The zero-order valence-corrected chi connectivity index (χ0v) is 15.0. The smallest absolute Gasteiger partial charge is 0.193 e. The fourth-order valence-corrected chi connectivity index (χ4v) is 2.95. The lowest BCUT2D eigenvalue weighted by Gasteiger charge is -2.21. The highest BCUT2D eigenvalue weighted by molar-refractivity contribution is 5.83. The summed E-state index contributed by atoms with van der Waals surface area (Å²) < 4.78 is 1.78. The van der Waals surface area contributed by atoms with Crippen LogP contribution in [-0.2, 0) is 20.0 Å². The largest absolute Gasteiger partial charge is 0.361 e. The van der Waals surface area contributed by atoms with Crippen molar-refractivity contribution in [2.75, 3.05) is 20.6 Å². The number of rotatable bonds is 6. The first-order valence-electron chi connectivity index (χ1n) is 8.48. The molecule has 0 saturated heterocycles. The predicted molar refractivity (Wildman–Crippen MR) is 100 cm³/mol. The van der Waals surface area contributed by atoms with E-state index in [1.165, 1.54) is 16.5 Å². The molecule has 0 aliphatic rings. The second-order valence-corrected chi connectivity index (χ2v) is 6.09. The summed E-state index contributed by atoms with van der Waals surface area (Å²) in [6.07, 6.45) is 5.75. The van der Waals surface area contributed by atoms with E-state index in [9.17, 15) is 0 Å². The SMILES string of the molecule is CN=C(NCCCc1c[nH]c2ccccc12)N(C)Cc1ncnn1C. The Morgan fingerprint density at radius 2 is 2.20 bits per heavy atom. The standard InChI is InChI=1S/C18H25N7/c1-19-18(24(2)12-17-22-13-23-25(17)3)20-10-6-7-14-11-21-16-9-5-4-8-15(14)16/h4-5,8-9,11,13,21H,6-7,10,12H2,1-3H3,(H,19,20). The van der Waals surface area contributed by atoms with Gasteiger partial charge in [0.25, 0.3) is 0 Å². The van der Waals surface area contributed by atoms with Gasteiger partial charge >= 0.3 is 0 Å². The molecule has 7 heteroatoms. The lowest BCUT2D eigenvalue weighted by atomic mass is 10.1. The van der Waals surface area contributed by atoms with Gasteiger partial charge in [-0.15, -0.1) is 0 Å². The Kier molecular flexibility index (Phi) is 5.33. The summed E-state index contributed by atoms with van der Waals surface area (Å²) in [6, 6.07) is 8.42. The molecular formula is C18H25N7. The van der Waals surface area contributed by atoms with E-state index < -0.39 is 0 Å². The predicted octanol–water partition coefficient (Wildman–Crippen LogP) is 1.94. The first kappa shape index (κ1) is 17.0. The average Bonchev–Trinajstić information content (AvgIpc) is 3.21. The number of benzene rings is 1. The summed E-state index contributed by atoms with van der Waals surface area (Å²) in [5.74, 6) is 1.77. The number of hydrogen-bond donors (Lipinski definition) is 2. The molecule has 0 unspecified atom stereocenters. The molecule has 0 saturated carbocycles. The molecular weight excluding hydrogens is 314 g/mol. The minimum absolute atomic E-state index is 0.665. The van der Waals surface area contributed by atoms with E-state index in [4.69, 9.17) is 0 Å². The van der Waals surface area contributed by atoms with Crippen LogP contribution in [0.15, 0.2) is 41.8 Å². The third kappa shape index (κ3) is 3.99. The number of para-hydroxylation sites is 1. The summed E-state index contributed by atoms with van der Waals surface area (Å²) in [5, 5.41) is 8.83. The molecule has 1 aromatic carbocycles. The van der Waals surface area contributed by atoms with Gasteiger partial charge in [-0.1, -0.05) is 18.2 Å². The number of hydrogen-bond acceptors (Lipinski definition) is 3. The lowest BCUT2D eigenvalue weighted by molar-refractivity contribution is 0.448. The van der Waals surface area contributed by atoms with Gasteiger partial charge in [0, 0.05) is 44.8 Å². The van der Waals surface area contributed by atoms with Crippen molar-refractivity contribution in [2.24, 2.45) is 12.0 Å². The normalized spacial score (nSPS) is 11.9. The van der Waals surface area contributed by atoms with Crippen molar-refractivity contribution in [3.63, 3.8) is 0 Å². The number of aliphatic imine (C=N–C) groups is 1. The van der Waals surface area contributed by atoms with E-state index in [0.29, 0.717) is 6.54 Å². The van der Waals surface area contributed by atoms with E-state index in [1.807, 2.05) is 14.1 Å². The molecule has 0 aliphatic heterocycles. The molecule has 0 atom stereocenters. The zero-order valence-electron chi connectivity index (χ0n) is 15.0. The third-order valence-electron chi connectivity index (χ3n) is 4.34. The van der Waals surface area contributed by atoms with Crippen molar-refractivity contribution < 1.29 is 0 Å². The molecule has 0 aliphatic carbocycles. The molecule has 2 aromatic heterocycles. The van der Waals surface area contributed by atoms with Gasteiger partial charge in [0.15, 0.2) is 5.96 Å². The Labute approximate surface area is 147 Å². The van der Waals surface area contributed by atoms with Crippen LogP contribution in [0.2, 0.25) is 0 Å². The van der Waals surface area contributed by atoms with Crippen molar-refractivity contribution in [3.8, 4) is 0 Å². The number of aryl methyl sites for hydroxylation is 2. The zero-order chi connectivity index (χ0) is 17.6. The van der Waals surface area contributed by atoms with Gasteiger partial charge in [0.05, 0.1) is 6.54 Å². The number of nitrogens with one attached hydrogen (secondary N) is 2. The molecule has 3 aromatic rings. The molecule has 25 heavy (non-hydrogen) atoms. The lowest BCUT2D eigenvalue weighted by Crippen LogP contribution is -2.39. The van der Waals surface area contributed by atoms with Crippen molar-refractivity contribution in [2.45, 2.75) is 19.4 Å². The van der Waals surface area contributed by atoms with E-state index in [-0.39, 0.29) is 0 Å². The number of H-pyrrole nitrogens is 1. The van der Waals surface area contributed by atoms with Crippen molar-refractivity contribution in [1.29, 1.82) is 0 Å². The van der Waals surface area contributed by atoms with Gasteiger partial charge in [-0.25, -0.2) is 4.98 Å². The van der Waals surface area contributed by atoms with E-state index in [0.717, 1.165) is 31.2 Å². The molecule has 0 bridgehead atoms. The second kappa shape index (κ2) is 7.83. The molecule has 3 rings (SSSR count). The molecule has 132 valence electrons. The third-order valence-corrected chi connectivity index (χ3v) is 4.34. The Morgan fingerprint density at radius 3 is 2.96 bits per heavy atom. The van der Waals surface area contributed by atoms with Gasteiger partial charge in [-0.2, -0.15) is 5.10 Å². The molecule has 7 nitrogen and oxygen atoms in total. The monoisotopic (exact) mass is 339 g/mol. The fourth-order valence-electron chi connectivity index (χ4n) is 2.95. The summed E-state index contributed by atoms with van der Waals surface area (Å²) in [6.45, 7) is 1.54. The van der Waals surface area contributed by atoms with Crippen molar-refractivity contribution in [3.05, 3.63) is 48.2 Å². The van der Waals surface area contributed by atoms with Crippen LogP contribution < -0.4 is 5.32 Å². The Morgan fingerprint density at radius 1 is 1.36 bits per heavy atom. The van der Waals surface area contributed by atoms with Crippen molar-refractivity contribution >= 4 is 16.9 Å². The summed E-state index contributed by atoms with van der Waals surface area (Å²) in [7, 11) is 5.70. The van der Waals surface area contributed by atoms with Crippen LogP contribution >= 0.6 is 0 Å². The second-order valence-electron chi connectivity index (χ2n) is 6.09. The van der Waals surface area contributed by atoms with Crippen LogP contribution in [0.5, 0.6) is 0 Å². The van der Waals surface area contributed by atoms with Crippen LogP contribution in [0.25, 0.3) is 10.9 Å². The van der Waals surface area contributed by atoms with Crippen molar-refractivity contribution in [1.82, 2.24) is 30.0 Å². The minimum Gasteiger partial charge on any atom is -0.361 e. The number of nitrogens with zero attached hydrogens (tertiary/aromatic N) is 5. The van der Waals surface area contributed by atoms with E-state index in [1.54, 1.807) is 18.1 Å². The van der Waals surface area contributed by atoms with Gasteiger partial charge in [0.2, 0.25) is 0 Å². The quantitative estimate of drug-likeness (QED) is 0.409.